The summed E-state index contributed by atoms with van der Waals surface area (Å²) in [6.45, 7) is 1.77. The van der Waals surface area contributed by atoms with Gasteiger partial charge >= 0.3 is 0 Å². The van der Waals surface area contributed by atoms with Crippen molar-refractivity contribution < 1.29 is 9.90 Å². The molecule has 0 atom stereocenters. The zero-order valence-electron chi connectivity index (χ0n) is 8.84. The standard InChI is InChI=1S/C13H11NO2/c1-9-6-11(7-12(8-15)13(9)16)10-2-4-14-5-3-10/h2-8,16H,1H3. The zero-order chi connectivity index (χ0) is 11.5. The average molecular weight is 213 g/mol. The summed E-state index contributed by atoms with van der Waals surface area (Å²) in [6, 6.07) is 7.24. The number of pyridine rings is 1. The van der Waals surface area contributed by atoms with Gasteiger partial charge < -0.3 is 5.11 Å². The van der Waals surface area contributed by atoms with Crippen molar-refractivity contribution in [2.24, 2.45) is 0 Å². The van der Waals surface area contributed by atoms with Crippen LogP contribution in [0.1, 0.15) is 15.9 Å². The predicted octanol–water partition coefficient (Wildman–Crippen LogP) is 2.58. The predicted molar refractivity (Wildman–Crippen MR) is 61.5 cm³/mol. The molecule has 1 heterocycles. The van der Waals surface area contributed by atoms with Crippen LogP contribution in [0.15, 0.2) is 36.7 Å². The highest BCUT2D eigenvalue weighted by atomic mass is 16.3. The molecule has 16 heavy (non-hydrogen) atoms. The first-order chi connectivity index (χ1) is 7.72. The van der Waals surface area contributed by atoms with Gasteiger partial charge in [0.1, 0.15) is 5.75 Å². The van der Waals surface area contributed by atoms with E-state index in [1.807, 2.05) is 18.2 Å². The maximum atomic E-state index is 10.8. The molecule has 0 fully saturated rings. The fourth-order valence-corrected chi connectivity index (χ4v) is 1.61. The number of aromatic nitrogens is 1. The van der Waals surface area contributed by atoms with E-state index < -0.39 is 0 Å². The monoisotopic (exact) mass is 213 g/mol. The molecule has 0 aliphatic carbocycles. The van der Waals surface area contributed by atoms with Crippen molar-refractivity contribution in [3.8, 4) is 16.9 Å². The third-order valence-corrected chi connectivity index (χ3v) is 2.47. The second-order valence-electron chi connectivity index (χ2n) is 3.58. The molecule has 0 aliphatic rings. The minimum Gasteiger partial charge on any atom is -0.507 e. The van der Waals surface area contributed by atoms with Crippen molar-refractivity contribution in [1.29, 1.82) is 0 Å². The van der Waals surface area contributed by atoms with Crippen LogP contribution in [0, 0.1) is 6.92 Å². The number of hydrogen-bond donors (Lipinski definition) is 1. The quantitative estimate of drug-likeness (QED) is 0.780. The van der Waals surface area contributed by atoms with E-state index in [4.69, 9.17) is 0 Å². The van der Waals surface area contributed by atoms with E-state index in [2.05, 4.69) is 4.98 Å². The first kappa shape index (κ1) is 10.4. The summed E-state index contributed by atoms with van der Waals surface area (Å²) < 4.78 is 0. The lowest BCUT2D eigenvalue weighted by Gasteiger charge is -2.07. The number of rotatable bonds is 2. The number of aldehydes is 1. The van der Waals surface area contributed by atoms with Gasteiger partial charge in [0.05, 0.1) is 5.56 Å². The van der Waals surface area contributed by atoms with E-state index in [-0.39, 0.29) is 5.75 Å². The zero-order valence-corrected chi connectivity index (χ0v) is 8.84. The Morgan fingerprint density at radius 3 is 2.50 bits per heavy atom. The highest BCUT2D eigenvalue weighted by Crippen LogP contribution is 2.28. The molecule has 0 unspecified atom stereocenters. The first-order valence-corrected chi connectivity index (χ1v) is 4.91. The fraction of sp³-hybridized carbons (Fsp3) is 0.0769. The van der Waals surface area contributed by atoms with E-state index in [1.165, 1.54) is 0 Å². The van der Waals surface area contributed by atoms with E-state index in [0.717, 1.165) is 11.1 Å². The number of phenols is 1. The van der Waals surface area contributed by atoms with Crippen molar-refractivity contribution in [1.82, 2.24) is 4.98 Å². The van der Waals surface area contributed by atoms with Gasteiger partial charge in [-0.1, -0.05) is 0 Å². The van der Waals surface area contributed by atoms with Crippen LogP contribution in [-0.4, -0.2) is 16.4 Å². The molecule has 1 N–H and O–H groups in total. The Kier molecular flexibility index (Phi) is 2.68. The molecular weight excluding hydrogens is 202 g/mol. The summed E-state index contributed by atoms with van der Waals surface area (Å²) >= 11 is 0. The van der Waals surface area contributed by atoms with Crippen LogP contribution >= 0.6 is 0 Å². The molecule has 0 saturated heterocycles. The van der Waals surface area contributed by atoms with Crippen LogP contribution in [0.2, 0.25) is 0 Å². The molecule has 2 rings (SSSR count). The molecular formula is C13H11NO2. The van der Waals surface area contributed by atoms with Crippen molar-refractivity contribution in [3.05, 3.63) is 47.8 Å². The largest absolute Gasteiger partial charge is 0.507 e. The van der Waals surface area contributed by atoms with Crippen LogP contribution in [0.3, 0.4) is 0 Å². The second-order valence-corrected chi connectivity index (χ2v) is 3.58. The first-order valence-electron chi connectivity index (χ1n) is 4.91. The molecule has 0 radical (unpaired) electrons. The van der Waals surface area contributed by atoms with Gasteiger partial charge in [-0.3, -0.25) is 9.78 Å². The van der Waals surface area contributed by atoms with E-state index in [9.17, 15) is 9.90 Å². The second kappa shape index (κ2) is 4.14. The maximum absolute atomic E-state index is 10.8. The SMILES string of the molecule is Cc1cc(-c2ccncc2)cc(C=O)c1O. The number of aryl methyl sites for hydroxylation is 1. The molecule has 0 saturated carbocycles. The van der Waals surface area contributed by atoms with E-state index in [0.29, 0.717) is 17.4 Å². The molecule has 0 amide bonds. The summed E-state index contributed by atoms with van der Waals surface area (Å²) in [5.74, 6) is 0.0489. The Hall–Kier alpha value is -2.16. The lowest BCUT2D eigenvalue weighted by Crippen LogP contribution is -1.88. The van der Waals surface area contributed by atoms with Crippen molar-refractivity contribution in [2.75, 3.05) is 0 Å². The lowest BCUT2D eigenvalue weighted by atomic mass is 10.0. The number of phenolic OH excluding ortho intramolecular Hbond substituents is 1. The van der Waals surface area contributed by atoms with Crippen molar-refractivity contribution in [2.45, 2.75) is 6.92 Å². The van der Waals surface area contributed by atoms with E-state index >= 15 is 0 Å². The van der Waals surface area contributed by atoms with Gasteiger partial charge in [0, 0.05) is 12.4 Å². The number of benzene rings is 1. The normalized spacial score (nSPS) is 10.1. The van der Waals surface area contributed by atoms with Crippen LogP contribution in [-0.2, 0) is 0 Å². The Balaban J connectivity index is 2.59. The molecule has 1 aromatic carbocycles. The molecule has 3 heteroatoms. The number of nitrogens with zero attached hydrogens (tertiary/aromatic N) is 1. The van der Waals surface area contributed by atoms with Gasteiger partial charge in [0.15, 0.2) is 6.29 Å². The van der Waals surface area contributed by atoms with Gasteiger partial charge in [-0.25, -0.2) is 0 Å². The minimum absolute atomic E-state index is 0.0489. The van der Waals surface area contributed by atoms with Crippen molar-refractivity contribution >= 4 is 6.29 Å². The van der Waals surface area contributed by atoms with Gasteiger partial charge in [0.25, 0.3) is 0 Å². The summed E-state index contributed by atoms with van der Waals surface area (Å²) in [6.07, 6.45) is 4.04. The molecule has 0 aliphatic heterocycles. The molecule has 0 spiro atoms. The maximum Gasteiger partial charge on any atom is 0.153 e. The molecule has 2 aromatic rings. The summed E-state index contributed by atoms with van der Waals surface area (Å²) in [5.41, 5.74) is 2.88. The summed E-state index contributed by atoms with van der Waals surface area (Å²) in [5, 5.41) is 9.63. The summed E-state index contributed by atoms with van der Waals surface area (Å²) in [4.78, 5) is 14.7. The minimum atomic E-state index is 0.0489. The van der Waals surface area contributed by atoms with Gasteiger partial charge in [0.2, 0.25) is 0 Å². The molecule has 1 aromatic heterocycles. The van der Waals surface area contributed by atoms with Crippen LogP contribution in [0.4, 0.5) is 0 Å². The summed E-state index contributed by atoms with van der Waals surface area (Å²) in [7, 11) is 0. The lowest BCUT2D eigenvalue weighted by molar-refractivity contribution is 0.112. The van der Waals surface area contributed by atoms with Crippen LogP contribution in [0.5, 0.6) is 5.75 Å². The Labute approximate surface area is 93.4 Å². The average Bonchev–Trinajstić information content (AvgIpc) is 2.33. The van der Waals surface area contributed by atoms with E-state index in [1.54, 1.807) is 25.4 Å². The fourth-order valence-electron chi connectivity index (χ4n) is 1.61. The Morgan fingerprint density at radius 1 is 1.19 bits per heavy atom. The van der Waals surface area contributed by atoms with Crippen LogP contribution < -0.4 is 0 Å². The third-order valence-electron chi connectivity index (χ3n) is 2.47. The smallest absolute Gasteiger partial charge is 0.153 e. The highest BCUT2D eigenvalue weighted by Gasteiger charge is 2.07. The highest BCUT2D eigenvalue weighted by molar-refractivity contribution is 5.83. The van der Waals surface area contributed by atoms with Crippen molar-refractivity contribution in [3.63, 3.8) is 0 Å². The number of aromatic hydroxyl groups is 1. The van der Waals surface area contributed by atoms with Gasteiger partial charge in [-0.05, 0) is 47.9 Å². The van der Waals surface area contributed by atoms with Gasteiger partial charge in [-0.15, -0.1) is 0 Å². The Morgan fingerprint density at radius 2 is 1.88 bits per heavy atom. The number of hydrogen-bond acceptors (Lipinski definition) is 3. The molecule has 80 valence electrons. The Bertz CT molecular complexity index is 521. The third kappa shape index (κ3) is 1.80. The van der Waals surface area contributed by atoms with Crippen LogP contribution in [0.25, 0.3) is 11.1 Å². The topological polar surface area (TPSA) is 50.2 Å². The van der Waals surface area contributed by atoms with Gasteiger partial charge in [-0.2, -0.15) is 0 Å². The number of carbonyl (C=O) groups is 1. The molecule has 3 nitrogen and oxygen atoms in total. The number of carbonyl (C=O) groups excluding carboxylic acids is 1. The molecule has 0 bridgehead atoms.